The summed E-state index contributed by atoms with van der Waals surface area (Å²) in [6, 6.07) is 4.98. The van der Waals surface area contributed by atoms with Gasteiger partial charge in [0.1, 0.15) is 6.10 Å². The van der Waals surface area contributed by atoms with Crippen LogP contribution in [-0.4, -0.2) is 37.9 Å². The number of alkyl halides is 3. The Hall–Kier alpha value is -1.16. The van der Waals surface area contributed by atoms with Gasteiger partial charge in [-0.05, 0) is 43.5 Å². The van der Waals surface area contributed by atoms with Gasteiger partial charge in [-0.15, -0.1) is 0 Å². The Labute approximate surface area is 158 Å². The lowest BCUT2D eigenvalue weighted by molar-refractivity contribution is -0.137. The summed E-state index contributed by atoms with van der Waals surface area (Å²) in [5.74, 6) is -0.339. The van der Waals surface area contributed by atoms with E-state index in [0.717, 1.165) is 44.2 Å². The zero-order valence-corrected chi connectivity index (χ0v) is 16.1. The predicted molar refractivity (Wildman–Crippen MR) is 96.0 cm³/mol. The second-order valence-electron chi connectivity index (χ2n) is 7.02. The highest BCUT2D eigenvalue weighted by Crippen LogP contribution is 2.41. The number of rotatable bonds is 8. The monoisotopic (exact) mass is 409 g/mol. The first kappa shape index (κ1) is 22.1. The van der Waals surface area contributed by atoms with Crippen LogP contribution in [0, 0.1) is 0 Å². The number of halogens is 3. The lowest BCUT2D eigenvalue weighted by Crippen LogP contribution is -2.52. The van der Waals surface area contributed by atoms with Gasteiger partial charge in [0.2, 0.25) is 0 Å². The maximum atomic E-state index is 12.8. The van der Waals surface area contributed by atoms with Crippen molar-refractivity contribution in [2.24, 2.45) is 0 Å². The Morgan fingerprint density at radius 2 is 1.78 bits per heavy atom. The van der Waals surface area contributed by atoms with Gasteiger partial charge in [-0.3, -0.25) is 4.55 Å². The number of ether oxygens (including phenoxy) is 1. The van der Waals surface area contributed by atoms with E-state index >= 15 is 0 Å². The van der Waals surface area contributed by atoms with Crippen molar-refractivity contribution in [1.29, 1.82) is 0 Å². The van der Waals surface area contributed by atoms with Crippen LogP contribution in [0.1, 0.15) is 55.8 Å². The summed E-state index contributed by atoms with van der Waals surface area (Å²) in [6.45, 7) is 0.361. The minimum atomic E-state index is -4.39. The molecule has 0 amide bonds. The molecule has 1 aliphatic carbocycles. The highest BCUT2D eigenvalue weighted by Gasteiger charge is 2.41. The van der Waals surface area contributed by atoms with Crippen LogP contribution in [0.3, 0.4) is 0 Å². The van der Waals surface area contributed by atoms with Gasteiger partial charge in [0.15, 0.2) is 0 Å². The van der Waals surface area contributed by atoms with E-state index in [-0.39, 0.29) is 12.2 Å². The molecule has 1 aromatic carbocycles. The summed E-state index contributed by atoms with van der Waals surface area (Å²) >= 11 is 0. The van der Waals surface area contributed by atoms with E-state index < -0.39 is 33.5 Å². The minimum absolute atomic E-state index is 0.240. The summed E-state index contributed by atoms with van der Waals surface area (Å²) < 4.78 is 74.8. The van der Waals surface area contributed by atoms with Crippen molar-refractivity contribution < 1.29 is 30.9 Å². The third-order valence-electron chi connectivity index (χ3n) is 5.08. The van der Waals surface area contributed by atoms with Crippen LogP contribution in [-0.2, 0) is 21.0 Å². The molecular weight excluding hydrogens is 383 g/mol. The van der Waals surface area contributed by atoms with Crippen LogP contribution >= 0.6 is 0 Å². The molecule has 1 fully saturated rings. The van der Waals surface area contributed by atoms with E-state index in [0.29, 0.717) is 12.1 Å². The van der Waals surface area contributed by atoms with Crippen LogP contribution in [0.15, 0.2) is 24.3 Å². The molecule has 1 saturated carbocycles. The normalized spacial score (nSPS) is 19.0. The second kappa shape index (κ2) is 8.89. The Kier molecular flexibility index (Phi) is 7.29. The van der Waals surface area contributed by atoms with Crippen LogP contribution in [0.2, 0.25) is 0 Å². The van der Waals surface area contributed by atoms with E-state index in [2.05, 4.69) is 5.32 Å². The molecule has 27 heavy (non-hydrogen) atoms. The van der Waals surface area contributed by atoms with E-state index in [4.69, 9.17) is 9.29 Å². The molecule has 2 rings (SSSR count). The van der Waals surface area contributed by atoms with Crippen molar-refractivity contribution in [1.82, 2.24) is 5.32 Å². The maximum absolute atomic E-state index is 12.8. The molecule has 2 N–H and O–H groups in total. The maximum Gasteiger partial charge on any atom is 0.416 e. The Morgan fingerprint density at radius 3 is 2.26 bits per heavy atom. The van der Waals surface area contributed by atoms with Crippen molar-refractivity contribution in [3.05, 3.63) is 35.4 Å². The first-order valence-corrected chi connectivity index (χ1v) is 10.6. The summed E-state index contributed by atoms with van der Waals surface area (Å²) in [6.07, 6.45) is -0.0839. The first-order chi connectivity index (χ1) is 12.6. The third-order valence-corrected chi connectivity index (χ3v) is 5.88. The molecular formula is C18H26F3NO4S. The van der Waals surface area contributed by atoms with Crippen molar-refractivity contribution in [2.45, 2.75) is 56.3 Å². The largest absolute Gasteiger partial charge is 0.416 e. The summed E-state index contributed by atoms with van der Waals surface area (Å²) in [5.41, 5.74) is -0.541. The number of benzene rings is 1. The van der Waals surface area contributed by atoms with Crippen LogP contribution in [0.5, 0.6) is 0 Å². The van der Waals surface area contributed by atoms with Crippen molar-refractivity contribution in [3.63, 3.8) is 0 Å². The third kappa shape index (κ3) is 6.17. The average Bonchev–Trinajstić information content (AvgIpc) is 2.59. The van der Waals surface area contributed by atoms with Gasteiger partial charge in [0.05, 0.1) is 11.3 Å². The molecule has 0 spiro atoms. The van der Waals surface area contributed by atoms with Crippen LogP contribution in [0.25, 0.3) is 0 Å². The molecule has 1 aliphatic rings. The van der Waals surface area contributed by atoms with E-state index in [1.165, 1.54) is 19.2 Å². The average molecular weight is 409 g/mol. The fraction of sp³-hybridized carbons (Fsp3) is 0.667. The van der Waals surface area contributed by atoms with Crippen molar-refractivity contribution in [3.8, 4) is 0 Å². The second-order valence-corrected chi connectivity index (χ2v) is 8.59. The summed E-state index contributed by atoms with van der Waals surface area (Å²) in [4.78, 5) is 0. The zero-order chi connectivity index (χ0) is 20.1. The lowest BCUT2D eigenvalue weighted by atomic mass is 9.75. The van der Waals surface area contributed by atoms with Gasteiger partial charge in [-0.1, -0.05) is 31.4 Å². The molecule has 0 radical (unpaired) electrons. The molecule has 0 aliphatic heterocycles. The molecule has 0 saturated heterocycles. The Morgan fingerprint density at radius 1 is 1.19 bits per heavy atom. The quantitative estimate of drug-likeness (QED) is 0.502. The number of hydrogen-bond donors (Lipinski definition) is 2. The smallest absolute Gasteiger partial charge is 0.375 e. The first-order valence-electron chi connectivity index (χ1n) is 8.97. The SMILES string of the molecule is COC(c1ccc(C(F)(F)F)cc1)C1(NCCCS(=O)(=O)O)CCCCC1. The van der Waals surface area contributed by atoms with E-state index in [1.807, 2.05) is 0 Å². The summed E-state index contributed by atoms with van der Waals surface area (Å²) in [7, 11) is -2.50. The minimum Gasteiger partial charge on any atom is -0.375 e. The van der Waals surface area contributed by atoms with Crippen LogP contribution in [0.4, 0.5) is 13.2 Å². The van der Waals surface area contributed by atoms with Crippen molar-refractivity contribution >= 4 is 10.1 Å². The molecule has 0 bridgehead atoms. The molecule has 1 unspecified atom stereocenters. The fourth-order valence-corrected chi connectivity index (χ4v) is 4.34. The molecule has 0 aromatic heterocycles. The molecule has 1 atom stereocenters. The van der Waals surface area contributed by atoms with E-state index in [9.17, 15) is 21.6 Å². The molecule has 1 aromatic rings. The van der Waals surface area contributed by atoms with Gasteiger partial charge in [-0.2, -0.15) is 21.6 Å². The Bertz CT molecular complexity index is 698. The molecule has 5 nitrogen and oxygen atoms in total. The fourth-order valence-electron chi connectivity index (χ4n) is 3.83. The van der Waals surface area contributed by atoms with Gasteiger partial charge < -0.3 is 10.1 Å². The molecule has 0 heterocycles. The van der Waals surface area contributed by atoms with Gasteiger partial charge in [0, 0.05) is 12.6 Å². The lowest BCUT2D eigenvalue weighted by Gasteiger charge is -2.44. The highest BCUT2D eigenvalue weighted by molar-refractivity contribution is 7.85. The number of hydrogen-bond acceptors (Lipinski definition) is 4. The number of methoxy groups -OCH3 is 1. The predicted octanol–water partition coefficient (Wildman–Crippen LogP) is 3.96. The summed E-state index contributed by atoms with van der Waals surface area (Å²) in [5, 5.41) is 3.38. The molecule has 154 valence electrons. The van der Waals surface area contributed by atoms with Crippen molar-refractivity contribution in [2.75, 3.05) is 19.4 Å². The highest BCUT2D eigenvalue weighted by atomic mass is 32.2. The topological polar surface area (TPSA) is 75.6 Å². The van der Waals surface area contributed by atoms with Gasteiger partial charge >= 0.3 is 6.18 Å². The number of nitrogens with one attached hydrogen (secondary N) is 1. The van der Waals surface area contributed by atoms with Gasteiger partial charge in [-0.25, -0.2) is 0 Å². The van der Waals surface area contributed by atoms with E-state index in [1.54, 1.807) is 0 Å². The molecule has 9 heteroatoms. The Balaban J connectivity index is 2.19. The zero-order valence-electron chi connectivity index (χ0n) is 15.3. The van der Waals surface area contributed by atoms with Gasteiger partial charge in [0.25, 0.3) is 10.1 Å². The van der Waals surface area contributed by atoms with Crippen LogP contribution < -0.4 is 5.32 Å². The standard InChI is InChI=1S/C18H26F3NO4S/c1-26-16(14-6-8-15(9-7-14)18(19,20)21)17(10-3-2-4-11-17)22-12-5-13-27(23,24)25/h6-9,16,22H,2-5,10-13H2,1H3,(H,23,24,25).